The fraction of sp³-hybridized carbons (Fsp3) is 0.393. The number of likely N-dealkylation sites (N-methyl/N-ethyl adjacent to an activating group) is 1. The maximum absolute atomic E-state index is 13.6. The molecule has 16 heteroatoms. The molecule has 1 aromatic heterocycles. The summed E-state index contributed by atoms with van der Waals surface area (Å²) in [6, 6.07) is 7.05. The Kier molecular flexibility index (Phi) is 9.44. The second-order valence-corrected chi connectivity index (χ2v) is 12.3. The van der Waals surface area contributed by atoms with E-state index in [9.17, 15) is 36.3 Å². The lowest BCUT2D eigenvalue weighted by atomic mass is 9.99. The summed E-state index contributed by atoms with van der Waals surface area (Å²) < 4.78 is 74.4. The molecule has 3 atom stereocenters. The number of rotatable bonds is 8. The number of alkyl halides is 3. The van der Waals surface area contributed by atoms with Gasteiger partial charge in [0, 0.05) is 44.1 Å². The van der Waals surface area contributed by atoms with Crippen LogP contribution in [0.15, 0.2) is 60.0 Å². The van der Waals surface area contributed by atoms with E-state index >= 15 is 0 Å². The number of nitrogens with one attached hydrogen (secondary N) is 2. The molecule has 0 saturated heterocycles. The zero-order valence-electron chi connectivity index (χ0n) is 24.4. The zero-order valence-corrected chi connectivity index (χ0v) is 25.2. The molecule has 0 bridgehead atoms. The number of imidazole rings is 1. The van der Waals surface area contributed by atoms with Crippen LogP contribution in [0.4, 0.5) is 29.3 Å². The minimum Gasteiger partial charge on any atom is -0.487 e. The Morgan fingerprint density at radius 3 is 2.45 bits per heavy atom. The topological polar surface area (TPSA) is 146 Å². The third-order valence-electron chi connectivity index (χ3n) is 7.14. The highest BCUT2D eigenvalue weighted by Crippen LogP contribution is 2.32. The number of hydrogen-bond acceptors (Lipinski definition) is 7. The molecule has 3 amide bonds. The normalized spacial score (nSPS) is 18.0. The fourth-order valence-corrected chi connectivity index (χ4v) is 5.59. The molecule has 2 aromatic carbocycles. The molecule has 3 aromatic rings. The van der Waals surface area contributed by atoms with E-state index in [4.69, 9.17) is 4.74 Å². The first kappa shape index (κ1) is 32.6. The smallest absolute Gasteiger partial charge is 0.416 e. The predicted molar refractivity (Wildman–Crippen MR) is 155 cm³/mol. The van der Waals surface area contributed by atoms with Crippen LogP contribution in [-0.4, -0.2) is 83.7 Å². The van der Waals surface area contributed by atoms with Crippen molar-refractivity contribution in [2.45, 2.75) is 37.2 Å². The molecule has 44 heavy (non-hydrogen) atoms. The van der Waals surface area contributed by atoms with E-state index in [-0.39, 0.29) is 53.3 Å². The molecule has 0 saturated carbocycles. The summed E-state index contributed by atoms with van der Waals surface area (Å²) in [5.41, 5.74) is -0.550. The van der Waals surface area contributed by atoms with Crippen LogP contribution in [-0.2, 0) is 23.2 Å². The fourth-order valence-electron chi connectivity index (χ4n) is 4.55. The molecule has 1 aliphatic rings. The number of fused-ring (bicyclic) bond motifs is 1. The van der Waals surface area contributed by atoms with Crippen LogP contribution in [0.5, 0.6) is 5.75 Å². The van der Waals surface area contributed by atoms with Crippen molar-refractivity contribution in [2.24, 2.45) is 13.0 Å². The summed E-state index contributed by atoms with van der Waals surface area (Å²) >= 11 is 0. The number of carbonyl (C=O) groups is 2. The highest BCUT2D eigenvalue weighted by molar-refractivity contribution is 7.92. The number of ether oxygens (including phenoxy) is 1. The highest BCUT2D eigenvalue weighted by Gasteiger charge is 2.35. The summed E-state index contributed by atoms with van der Waals surface area (Å²) in [6.07, 6.45) is -2.52. The van der Waals surface area contributed by atoms with Gasteiger partial charge in [0.15, 0.2) is 5.03 Å². The Hall–Kier alpha value is -4.31. The Bertz CT molecular complexity index is 1610. The van der Waals surface area contributed by atoms with Gasteiger partial charge >= 0.3 is 12.2 Å². The zero-order chi connectivity index (χ0) is 32.4. The van der Waals surface area contributed by atoms with Crippen LogP contribution in [0.2, 0.25) is 0 Å². The van der Waals surface area contributed by atoms with Gasteiger partial charge in [0.1, 0.15) is 11.9 Å². The Balaban J connectivity index is 1.57. The third-order valence-corrected chi connectivity index (χ3v) is 8.40. The van der Waals surface area contributed by atoms with Gasteiger partial charge in [-0.3, -0.25) is 9.52 Å². The van der Waals surface area contributed by atoms with Gasteiger partial charge in [-0.1, -0.05) is 6.92 Å². The molecule has 238 valence electrons. The van der Waals surface area contributed by atoms with Crippen LogP contribution in [0, 0.1) is 5.92 Å². The highest BCUT2D eigenvalue weighted by atomic mass is 32.2. The Labute approximate surface area is 252 Å². The molecule has 0 fully saturated rings. The standard InChI is InChI=1S/C28H33F3N6O6S/c1-17-12-37(18(2)15-38)26(39)22-11-21(34-44(41,42)25-14-35(3)16-32-25)9-10-23(22)43-24(17)13-36(4)27(40)33-20-7-5-19(6-8-20)28(29,30)31/h5-11,14,16-18,24,34,38H,12-13,15H2,1-4H3,(H,33,40)/t17-,18+,24-/m0/s1. The average molecular weight is 639 g/mol. The van der Waals surface area contributed by atoms with E-state index in [0.717, 1.165) is 24.3 Å². The minimum absolute atomic E-state index is 0.0245. The molecule has 0 radical (unpaired) electrons. The Morgan fingerprint density at radius 1 is 1.20 bits per heavy atom. The largest absolute Gasteiger partial charge is 0.487 e. The number of aromatic nitrogens is 2. The predicted octanol–water partition coefficient (Wildman–Crippen LogP) is 3.62. The lowest BCUT2D eigenvalue weighted by Crippen LogP contribution is -2.50. The maximum atomic E-state index is 13.6. The number of urea groups is 1. The van der Waals surface area contributed by atoms with Gasteiger partial charge in [-0.15, -0.1) is 0 Å². The summed E-state index contributed by atoms with van der Waals surface area (Å²) in [5.74, 6) is -0.692. The molecular formula is C28H33F3N6O6S. The first-order chi connectivity index (χ1) is 20.6. The van der Waals surface area contributed by atoms with Gasteiger partial charge < -0.3 is 29.5 Å². The number of carbonyl (C=O) groups excluding carboxylic acids is 2. The summed E-state index contributed by atoms with van der Waals surface area (Å²) in [7, 11) is -0.950. The van der Waals surface area contributed by atoms with Crippen molar-refractivity contribution in [3.63, 3.8) is 0 Å². The third kappa shape index (κ3) is 7.42. The summed E-state index contributed by atoms with van der Waals surface area (Å²) in [6.45, 7) is 3.32. The monoisotopic (exact) mass is 638 g/mol. The van der Waals surface area contributed by atoms with Crippen LogP contribution in [0.25, 0.3) is 0 Å². The van der Waals surface area contributed by atoms with E-state index in [2.05, 4.69) is 15.0 Å². The van der Waals surface area contributed by atoms with Crippen LogP contribution >= 0.6 is 0 Å². The number of aliphatic hydroxyl groups is 1. The maximum Gasteiger partial charge on any atom is 0.416 e. The van der Waals surface area contributed by atoms with E-state index in [1.807, 2.05) is 6.92 Å². The number of aryl methyl sites for hydroxylation is 1. The van der Waals surface area contributed by atoms with Gasteiger partial charge in [0.25, 0.3) is 15.9 Å². The summed E-state index contributed by atoms with van der Waals surface area (Å²) in [5, 5.41) is 12.2. The number of amides is 3. The van der Waals surface area contributed by atoms with Crippen molar-refractivity contribution in [1.82, 2.24) is 19.4 Å². The van der Waals surface area contributed by atoms with Gasteiger partial charge in [0.05, 0.1) is 36.6 Å². The van der Waals surface area contributed by atoms with Crippen LogP contribution in [0.3, 0.4) is 0 Å². The van der Waals surface area contributed by atoms with Crippen molar-refractivity contribution in [3.05, 3.63) is 66.1 Å². The second-order valence-electron chi connectivity index (χ2n) is 10.7. The van der Waals surface area contributed by atoms with Crippen molar-refractivity contribution in [3.8, 4) is 5.75 Å². The lowest BCUT2D eigenvalue weighted by Gasteiger charge is -2.38. The van der Waals surface area contributed by atoms with Crippen molar-refractivity contribution in [1.29, 1.82) is 0 Å². The molecule has 3 N–H and O–H groups in total. The molecule has 1 aliphatic heterocycles. The molecular weight excluding hydrogens is 605 g/mol. The van der Waals surface area contributed by atoms with Crippen LogP contribution < -0.4 is 14.8 Å². The second kappa shape index (κ2) is 12.7. The lowest BCUT2D eigenvalue weighted by molar-refractivity contribution is -0.137. The van der Waals surface area contributed by atoms with Crippen molar-refractivity contribution >= 4 is 33.3 Å². The first-order valence-electron chi connectivity index (χ1n) is 13.5. The van der Waals surface area contributed by atoms with Gasteiger partial charge in [-0.2, -0.15) is 21.6 Å². The van der Waals surface area contributed by atoms with Gasteiger partial charge in [0.2, 0.25) is 0 Å². The molecule has 12 nitrogen and oxygen atoms in total. The van der Waals surface area contributed by atoms with Gasteiger partial charge in [-0.25, -0.2) is 9.78 Å². The number of aliphatic hydroxyl groups excluding tert-OH is 1. The van der Waals surface area contributed by atoms with Crippen molar-refractivity contribution < 1.29 is 41.0 Å². The number of benzene rings is 2. The first-order valence-corrected chi connectivity index (χ1v) is 15.0. The van der Waals surface area contributed by atoms with Gasteiger partial charge in [-0.05, 0) is 49.4 Å². The molecule has 0 unspecified atom stereocenters. The molecule has 0 spiro atoms. The van der Waals surface area contributed by atoms with Crippen molar-refractivity contribution in [2.75, 3.05) is 36.8 Å². The molecule has 0 aliphatic carbocycles. The van der Waals surface area contributed by atoms with E-state index in [1.54, 1.807) is 14.0 Å². The summed E-state index contributed by atoms with van der Waals surface area (Å²) in [4.78, 5) is 33.2. The number of hydrogen-bond donors (Lipinski definition) is 3. The molecule has 4 rings (SSSR count). The quantitative estimate of drug-likeness (QED) is 0.342. The van der Waals surface area contributed by atoms with E-state index in [0.29, 0.717) is 0 Å². The van der Waals surface area contributed by atoms with E-state index < -0.39 is 45.8 Å². The number of sulfonamides is 1. The molecule has 2 heterocycles. The average Bonchev–Trinajstić information content (AvgIpc) is 3.41. The SMILES string of the molecule is C[C@H](CO)N1C[C@H](C)[C@H](CN(C)C(=O)Nc2ccc(C(F)(F)F)cc2)Oc2ccc(NS(=O)(=O)c3cn(C)cn3)cc2C1=O. The number of halogens is 3. The van der Waals surface area contributed by atoms with Crippen LogP contribution in [0.1, 0.15) is 29.8 Å². The minimum atomic E-state index is -4.51. The Morgan fingerprint density at radius 2 is 1.86 bits per heavy atom. The van der Waals surface area contributed by atoms with E-state index in [1.165, 1.54) is 52.1 Å². The number of anilines is 2. The number of nitrogens with zero attached hydrogens (tertiary/aromatic N) is 4.